The van der Waals surface area contributed by atoms with Crippen LogP contribution in [0.1, 0.15) is 41.5 Å². The van der Waals surface area contributed by atoms with Gasteiger partial charge in [-0.15, -0.1) is 0 Å². The van der Waals surface area contributed by atoms with Crippen molar-refractivity contribution in [1.29, 1.82) is 0 Å². The number of likely N-dealkylation sites (tertiary alicyclic amines) is 1. The van der Waals surface area contributed by atoms with E-state index in [0.717, 1.165) is 30.6 Å². The minimum absolute atomic E-state index is 0.387. The molecule has 2 aromatic rings. The largest absolute Gasteiger partial charge is 0.298 e. The molecule has 0 saturated carbocycles. The monoisotopic (exact) mass is 243 g/mol. The van der Waals surface area contributed by atoms with Gasteiger partial charge in [-0.1, -0.05) is 12.5 Å². The summed E-state index contributed by atoms with van der Waals surface area (Å²) >= 11 is 0. The van der Waals surface area contributed by atoms with Crippen molar-refractivity contribution in [3.8, 4) is 0 Å². The van der Waals surface area contributed by atoms with Crippen molar-refractivity contribution in [2.75, 3.05) is 13.6 Å². The number of aromatic nitrogens is 2. The normalized spacial score (nSPS) is 21.3. The van der Waals surface area contributed by atoms with Gasteiger partial charge in [0.2, 0.25) is 0 Å². The first kappa shape index (κ1) is 11.4. The quantitative estimate of drug-likeness (QED) is 0.760. The maximum atomic E-state index is 11.0. The van der Waals surface area contributed by atoms with Crippen LogP contribution in [0.5, 0.6) is 0 Å². The average Bonchev–Trinajstić information content (AvgIpc) is 2.82. The van der Waals surface area contributed by atoms with Crippen LogP contribution >= 0.6 is 0 Å². The standard InChI is InChI=1S/C14H17N3O/c1-16-8-3-2-6-13(16)12-9-17-11(10-18)5-4-7-14(17)15-12/h4-5,7,9-10,13H,2-3,6,8H2,1H3. The van der Waals surface area contributed by atoms with Crippen molar-refractivity contribution in [3.05, 3.63) is 35.8 Å². The molecule has 1 atom stereocenters. The number of hydrogen-bond donors (Lipinski definition) is 0. The maximum Gasteiger partial charge on any atom is 0.166 e. The lowest BCUT2D eigenvalue weighted by atomic mass is 10.0. The van der Waals surface area contributed by atoms with Crippen LogP contribution in [-0.4, -0.2) is 34.2 Å². The summed E-state index contributed by atoms with van der Waals surface area (Å²) in [6, 6.07) is 6.02. The molecule has 0 spiro atoms. The number of piperidine rings is 1. The lowest BCUT2D eigenvalue weighted by Crippen LogP contribution is -2.29. The van der Waals surface area contributed by atoms with Gasteiger partial charge in [0.05, 0.1) is 17.4 Å². The molecular weight excluding hydrogens is 226 g/mol. The van der Waals surface area contributed by atoms with Gasteiger partial charge in [-0.05, 0) is 38.6 Å². The minimum Gasteiger partial charge on any atom is -0.298 e. The fourth-order valence-electron chi connectivity index (χ4n) is 2.76. The van der Waals surface area contributed by atoms with Gasteiger partial charge in [0.15, 0.2) is 6.29 Å². The van der Waals surface area contributed by atoms with Crippen LogP contribution in [0.3, 0.4) is 0 Å². The molecule has 0 N–H and O–H groups in total. The zero-order valence-electron chi connectivity index (χ0n) is 10.5. The summed E-state index contributed by atoms with van der Waals surface area (Å²) in [5, 5.41) is 0. The predicted octanol–water partition coefficient (Wildman–Crippen LogP) is 2.30. The van der Waals surface area contributed by atoms with Crippen LogP contribution in [0.15, 0.2) is 24.4 Å². The Morgan fingerprint density at radius 1 is 1.39 bits per heavy atom. The molecule has 0 radical (unpaired) electrons. The summed E-state index contributed by atoms with van der Waals surface area (Å²) in [7, 11) is 2.15. The van der Waals surface area contributed by atoms with E-state index < -0.39 is 0 Å². The highest BCUT2D eigenvalue weighted by molar-refractivity contribution is 5.73. The second-order valence-corrected chi connectivity index (χ2v) is 4.95. The van der Waals surface area contributed by atoms with E-state index in [1.165, 1.54) is 12.8 Å². The van der Waals surface area contributed by atoms with Gasteiger partial charge in [0.1, 0.15) is 5.65 Å². The van der Waals surface area contributed by atoms with Gasteiger partial charge < -0.3 is 0 Å². The fraction of sp³-hybridized carbons (Fsp3) is 0.429. The molecule has 2 aromatic heterocycles. The zero-order valence-corrected chi connectivity index (χ0v) is 10.5. The molecule has 1 aliphatic heterocycles. The molecule has 0 amide bonds. The number of hydrogen-bond acceptors (Lipinski definition) is 3. The van der Waals surface area contributed by atoms with Crippen LogP contribution in [0.2, 0.25) is 0 Å². The van der Waals surface area contributed by atoms with E-state index in [2.05, 4.69) is 16.9 Å². The SMILES string of the molecule is CN1CCCCC1c1cn2c(C=O)cccc2n1. The van der Waals surface area contributed by atoms with Crippen LogP contribution in [0.25, 0.3) is 5.65 Å². The molecule has 94 valence electrons. The van der Waals surface area contributed by atoms with Crippen molar-refractivity contribution < 1.29 is 4.79 Å². The van der Waals surface area contributed by atoms with E-state index in [1.807, 2.05) is 28.8 Å². The third-order valence-corrected chi connectivity index (χ3v) is 3.77. The number of nitrogens with zero attached hydrogens (tertiary/aromatic N) is 3. The Hall–Kier alpha value is -1.68. The molecule has 4 nitrogen and oxygen atoms in total. The first-order valence-electron chi connectivity index (χ1n) is 6.43. The number of imidazole rings is 1. The summed E-state index contributed by atoms with van der Waals surface area (Å²) in [6.07, 6.45) is 6.55. The summed E-state index contributed by atoms with van der Waals surface area (Å²) in [5.74, 6) is 0. The summed E-state index contributed by atoms with van der Waals surface area (Å²) in [5.41, 5.74) is 2.59. The lowest BCUT2D eigenvalue weighted by molar-refractivity contribution is 0.111. The van der Waals surface area contributed by atoms with Gasteiger partial charge in [-0.25, -0.2) is 4.98 Å². The van der Waals surface area contributed by atoms with Gasteiger partial charge in [-0.2, -0.15) is 0 Å². The van der Waals surface area contributed by atoms with Crippen LogP contribution in [0.4, 0.5) is 0 Å². The number of rotatable bonds is 2. The summed E-state index contributed by atoms with van der Waals surface area (Å²) in [6.45, 7) is 1.12. The summed E-state index contributed by atoms with van der Waals surface area (Å²) < 4.78 is 1.88. The summed E-state index contributed by atoms with van der Waals surface area (Å²) in [4.78, 5) is 18.0. The van der Waals surface area contributed by atoms with Crippen molar-refractivity contribution >= 4 is 11.9 Å². The molecule has 3 heterocycles. The van der Waals surface area contributed by atoms with E-state index in [1.54, 1.807) is 0 Å². The molecule has 18 heavy (non-hydrogen) atoms. The van der Waals surface area contributed by atoms with E-state index in [-0.39, 0.29) is 0 Å². The Balaban J connectivity index is 2.05. The van der Waals surface area contributed by atoms with Gasteiger partial charge in [0, 0.05) is 6.20 Å². The number of fused-ring (bicyclic) bond motifs is 1. The van der Waals surface area contributed by atoms with Gasteiger partial charge in [-0.3, -0.25) is 14.1 Å². The van der Waals surface area contributed by atoms with Gasteiger partial charge >= 0.3 is 0 Å². The maximum absolute atomic E-state index is 11.0. The molecular formula is C14H17N3O. The third-order valence-electron chi connectivity index (χ3n) is 3.77. The van der Waals surface area contributed by atoms with Crippen LogP contribution in [0, 0.1) is 0 Å². The highest BCUT2D eigenvalue weighted by Crippen LogP contribution is 2.29. The third kappa shape index (κ3) is 1.82. The van der Waals surface area contributed by atoms with Crippen LogP contribution in [-0.2, 0) is 0 Å². The molecule has 1 fully saturated rings. The van der Waals surface area contributed by atoms with E-state index in [0.29, 0.717) is 11.7 Å². The number of aldehydes is 1. The second kappa shape index (κ2) is 4.53. The Kier molecular flexibility index (Phi) is 2.88. The average molecular weight is 243 g/mol. The minimum atomic E-state index is 0.387. The van der Waals surface area contributed by atoms with Crippen molar-refractivity contribution in [3.63, 3.8) is 0 Å². The first-order chi connectivity index (χ1) is 8.79. The molecule has 1 aliphatic rings. The Bertz CT molecular complexity index is 575. The highest BCUT2D eigenvalue weighted by atomic mass is 16.1. The highest BCUT2D eigenvalue weighted by Gasteiger charge is 2.23. The molecule has 3 rings (SSSR count). The van der Waals surface area contributed by atoms with E-state index in [9.17, 15) is 4.79 Å². The molecule has 0 bridgehead atoms. The van der Waals surface area contributed by atoms with E-state index >= 15 is 0 Å². The molecule has 0 aromatic carbocycles. The second-order valence-electron chi connectivity index (χ2n) is 4.95. The number of carbonyl (C=O) groups excluding carboxylic acids is 1. The molecule has 0 aliphatic carbocycles. The number of pyridine rings is 1. The molecule has 4 heteroatoms. The van der Waals surface area contributed by atoms with Crippen molar-refractivity contribution in [2.45, 2.75) is 25.3 Å². The van der Waals surface area contributed by atoms with Crippen molar-refractivity contribution in [2.24, 2.45) is 0 Å². The topological polar surface area (TPSA) is 37.6 Å². The first-order valence-corrected chi connectivity index (χ1v) is 6.43. The fourth-order valence-corrected chi connectivity index (χ4v) is 2.76. The lowest BCUT2D eigenvalue weighted by Gasteiger charge is -2.31. The zero-order chi connectivity index (χ0) is 12.5. The van der Waals surface area contributed by atoms with Crippen LogP contribution < -0.4 is 0 Å². The predicted molar refractivity (Wildman–Crippen MR) is 69.8 cm³/mol. The smallest absolute Gasteiger partial charge is 0.166 e. The number of carbonyl (C=O) groups is 1. The van der Waals surface area contributed by atoms with E-state index in [4.69, 9.17) is 0 Å². The Labute approximate surface area is 106 Å². The molecule has 1 saturated heterocycles. The van der Waals surface area contributed by atoms with Crippen molar-refractivity contribution in [1.82, 2.24) is 14.3 Å². The van der Waals surface area contributed by atoms with Gasteiger partial charge in [0.25, 0.3) is 0 Å². The molecule has 1 unspecified atom stereocenters. The Morgan fingerprint density at radius 3 is 3.06 bits per heavy atom. The Morgan fingerprint density at radius 2 is 2.28 bits per heavy atom.